The number of anilines is 1. The molecule has 0 radical (unpaired) electrons. The first-order chi connectivity index (χ1) is 14.5. The Hall–Kier alpha value is -2.74. The summed E-state index contributed by atoms with van der Waals surface area (Å²) >= 11 is 0. The summed E-state index contributed by atoms with van der Waals surface area (Å²) in [5.41, 5.74) is 2.35. The van der Waals surface area contributed by atoms with Crippen molar-refractivity contribution >= 4 is 21.6 Å². The Morgan fingerprint density at radius 3 is 2.10 bits per heavy atom. The van der Waals surface area contributed by atoms with Gasteiger partial charge in [-0.1, -0.05) is 13.0 Å². The number of hydrogen-bond donors (Lipinski definition) is 1. The summed E-state index contributed by atoms with van der Waals surface area (Å²) in [5.74, 6) is 1.02. The molecule has 0 saturated carbocycles. The monoisotopic (exact) mass is 448 g/mol. The number of sulfonamides is 1. The average Bonchev–Trinajstić information content (AvgIpc) is 2.68. The van der Waals surface area contributed by atoms with E-state index in [0.717, 1.165) is 23.1 Å². The molecule has 0 unspecified atom stereocenters. The predicted molar refractivity (Wildman–Crippen MR) is 123 cm³/mol. The zero-order chi connectivity index (χ0) is 23.2. The van der Waals surface area contributed by atoms with Gasteiger partial charge in [0.2, 0.25) is 15.9 Å². The van der Waals surface area contributed by atoms with Gasteiger partial charge in [0, 0.05) is 0 Å². The number of carbonyl (C=O) groups excluding carboxylic acids is 1. The van der Waals surface area contributed by atoms with Crippen molar-refractivity contribution < 1.29 is 22.7 Å². The zero-order valence-electron chi connectivity index (χ0n) is 19.0. The van der Waals surface area contributed by atoms with Crippen LogP contribution in [0.2, 0.25) is 0 Å². The average molecular weight is 449 g/mol. The lowest BCUT2D eigenvalue weighted by Gasteiger charge is -2.31. The highest BCUT2D eigenvalue weighted by Crippen LogP contribution is 2.25. The summed E-state index contributed by atoms with van der Waals surface area (Å²) in [4.78, 5) is 13.0. The van der Waals surface area contributed by atoms with Gasteiger partial charge in [-0.2, -0.15) is 0 Å². The van der Waals surface area contributed by atoms with Crippen molar-refractivity contribution in [3.8, 4) is 11.5 Å². The molecule has 0 aliphatic heterocycles. The summed E-state index contributed by atoms with van der Waals surface area (Å²) in [7, 11) is -2.08. The lowest BCUT2D eigenvalue weighted by atomic mass is 10.1. The second-order valence-electron chi connectivity index (χ2n) is 7.72. The fraction of sp³-hybridized carbons (Fsp3) is 0.435. The SMILES string of the molecule is CC[C@@H](C(=O)N[C@@H](C)COc1ccc(OC)cc1)N(c1cc(C)cc(C)c1)S(C)(=O)=O. The number of amides is 1. The Morgan fingerprint density at radius 2 is 1.61 bits per heavy atom. The Balaban J connectivity index is 2.13. The number of nitrogens with zero attached hydrogens (tertiary/aromatic N) is 1. The van der Waals surface area contributed by atoms with Gasteiger partial charge in [0.25, 0.3) is 0 Å². The molecule has 0 aliphatic rings. The van der Waals surface area contributed by atoms with Crippen molar-refractivity contribution in [1.29, 1.82) is 0 Å². The number of aryl methyl sites for hydroxylation is 2. The molecule has 1 amide bonds. The fourth-order valence-corrected chi connectivity index (χ4v) is 4.61. The van der Waals surface area contributed by atoms with Crippen LogP contribution in [0.3, 0.4) is 0 Å². The van der Waals surface area contributed by atoms with Crippen LogP contribution in [0.4, 0.5) is 5.69 Å². The molecule has 2 aromatic carbocycles. The fourth-order valence-electron chi connectivity index (χ4n) is 3.41. The third kappa shape index (κ3) is 6.89. The van der Waals surface area contributed by atoms with Crippen LogP contribution in [-0.2, 0) is 14.8 Å². The van der Waals surface area contributed by atoms with E-state index in [1.54, 1.807) is 50.4 Å². The highest BCUT2D eigenvalue weighted by atomic mass is 32.2. The van der Waals surface area contributed by atoms with Crippen LogP contribution in [0.15, 0.2) is 42.5 Å². The van der Waals surface area contributed by atoms with E-state index in [2.05, 4.69) is 5.32 Å². The van der Waals surface area contributed by atoms with E-state index in [0.29, 0.717) is 17.9 Å². The third-order valence-electron chi connectivity index (χ3n) is 4.74. The molecule has 0 fully saturated rings. The topological polar surface area (TPSA) is 84.9 Å². The molecular weight excluding hydrogens is 416 g/mol. The van der Waals surface area contributed by atoms with E-state index in [9.17, 15) is 13.2 Å². The van der Waals surface area contributed by atoms with Gasteiger partial charge in [-0.25, -0.2) is 8.42 Å². The van der Waals surface area contributed by atoms with Gasteiger partial charge in [-0.15, -0.1) is 0 Å². The van der Waals surface area contributed by atoms with Gasteiger partial charge in [-0.3, -0.25) is 9.10 Å². The van der Waals surface area contributed by atoms with Crippen LogP contribution in [0.25, 0.3) is 0 Å². The second-order valence-corrected chi connectivity index (χ2v) is 9.58. The first kappa shape index (κ1) is 24.5. The highest BCUT2D eigenvalue weighted by molar-refractivity contribution is 7.92. The van der Waals surface area contributed by atoms with E-state index in [1.165, 1.54) is 4.31 Å². The molecule has 31 heavy (non-hydrogen) atoms. The highest BCUT2D eigenvalue weighted by Gasteiger charge is 2.32. The van der Waals surface area contributed by atoms with E-state index >= 15 is 0 Å². The Labute approximate surface area is 185 Å². The molecule has 0 heterocycles. The molecule has 2 rings (SSSR count). The molecule has 0 bridgehead atoms. The summed E-state index contributed by atoms with van der Waals surface area (Å²) in [6.07, 6.45) is 1.45. The van der Waals surface area contributed by atoms with Crippen LogP contribution < -0.4 is 19.1 Å². The van der Waals surface area contributed by atoms with Crippen LogP contribution in [-0.4, -0.2) is 46.4 Å². The van der Waals surface area contributed by atoms with Crippen LogP contribution >= 0.6 is 0 Å². The smallest absolute Gasteiger partial charge is 0.244 e. The number of methoxy groups -OCH3 is 1. The largest absolute Gasteiger partial charge is 0.497 e. The molecule has 0 aromatic heterocycles. The molecule has 0 spiro atoms. The van der Waals surface area contributed by atoms with Gasteiger partial charge >= 0.3 is 0 Å². The quantitative estimate of drug-likeness (QED) is 0.602. The molecule has 1 N–H and O–H groups in total. The van der Waals surface area contributed by atoms with Crippen LogP contribution in [0.5, 0.6) is 11.5 Å². The summed E-state index contributed by atoms with van der Waals surface area (Å²) in [6.45, 7) is 7.66. The van der Waals surface area contributed by atoms with Gasteiger partial charge in [-0.05, 0) is 74.7 Å². The number of carbonyl (C=O) groups is 1. The molecule has 2 aromatic rings. The van der Waals surface area contributed by atoms with E-state index in [1.807, 2.05) is 26.8 Å². The van der Waals surface area contributed by atoms with Gasteiger partial charge in [0.05, 0.1) is 25.1 Å². The van der Waals surface area contributed by atoms with Crippen LogP contribution in [0, 0.1) is 13.8 Å². The second kappa shape index (κ2) is 10.5. The first-order valence-corrected chi connectivity index (χ1v) is 12.0. The number of ether oxygens (including phenoxy) is 2. The lowest BCUT2D eigenvalue weighted by Crippen LogP contribution is -2.52. The van der Waals surface area contributed by atoms with Crippen molar-refractivity contribution in [2.45, 2.75) is 46.2 Å². The van der Waals surface area contributed by atoms with E-state index < -0.39 is 16.1 Å². The summed E-state index contributed by atoms with van der Waals surface area (Å²) in [5, 5.41) is 2.88. The molecule has 7 nitrogen and oxygen atoms in total. The molecule has 8 heteroatoms. The minimum atomic E-state index is -3.68. The maximum Gasteiger partial charge on any atom is 0.244 e. The maximum absolute atomic E-state index is 13.0. The Bertz CT molecular complexity index is 969. The number of nitrogens with one attached hydrogen (secondary N) is 1. The van der Waals surface area contributed by atoms with Crippen molar-refractivity contribution in [3.05, 3.63) is 53.6 Å². The maximum atomic E-state index is 13.0. The molecule has 0 saturated heterocycles. The predicted octanol–water partition coefficient (Wildman–Crippen LogP) is 3.44. The normalized spacial score (nSPS) is 13.2. The van der Waals surface area contributed by atoms with E-state index in [4.69, 9.17) is 9.47 Å². The Morgan fingerprint density at radius 1 is 1.06 bits per heavy atom. The number of benzene rings is 2. The minimum absolute atomic E-state index is 0.247. The van der Waals surface area contributed by atoms with E-state index in [-0.39, 0.29) is 18.6 Å². The number of hydrogen-bond acceptors (Lipinski definition) is 5. The third-order valence-corrected chi connectivity index (χ3v) is 5.92. The zero-order valence-corrected chi connectivity index (χ0v) is 19.8. The number of rotatable bonds is 10. The van der Waals surface area contributed by atoms with Crippen molar-refractivity contribution in [2.24, 2.45) is 0 Å². The summed E-state index contributed by atoms with van der Waals surface area (Å²) < 4.78 is 37.3. The standard InChI is InChI=1S/C23H32N2O5S/c1-7-22(25(31(6,27)28)19-13-16(2)12-17(3)14-19)23(26)24-18(4)15-30-21-10-8-20(29-5)9-11-21/h8-14,18,22H,7,15H2,1-6H3,(H,24,26)/t18-,22-/m0/s1. The van der Waals surface area contributed by atoms with Gasteiger partial charge in [0.1, 0.15) is 24.1 Å². The minimum Gasteiger partial charge on any atom is -0.497 e. The molecule has 2 atom stereocenters. The van der Waals surface area contributed by atoms with Crippen molar-refractivity contribution in [3.63, 3.8) is 0 Å². The van der Waals surface area contributed by atoms with Gasteiger partial charge < -0.3 is 14.8 Å². The summed E-state index contributed by atoms with van der Waals surface area (Å²) in [6, 6.07) is 11.5. The van der Waals surface area contributed by atoms with Crippen molar-refractivity contribution in [2.75, 3.05) is 24.3 Å². The first-order valence-electron chi connectivity index (χ1n) is 10.2. The van der Waals surface area contributed by atoms with Crippen molar-refractivity contribution in [1.82, 2.24) is 5.32 Å². The molecular formula is C23H32N2O5S. The van der Waals surface area contributed by atoms with Gasteiger partial charge in [0.15, 0.2) is 0 Å². The van der Waals surface area contributed by atoms with Crippen LogP contribution in [0.1, 0.15) is 31.4 Å². The Kier molecular flexibility index (Phi) is 8.33. The molecule has 0 aliphatic carbocycles. The lowest BCUT2D eigenvalue weighted by molar-refractivity contribution is -0.123. The molecule has 170 valence electrons.